The van der Waals surface area contributed by atoms with Crippen molar-refractivity contribution in [1.82, 2.24) is 29.3 Å². The predicted molar refractivity (Wildman–Crippen MR) is 93.0 cm³/mol. The molecule has 0 saturated heterocycles. The van der Waals surface area contributed by atoms with Gasteiger partial charge in [-0.15, -0.1) is 0 Å². The predicted octanol–water partition coefficient (Wildman–Crippen LogP) is -1.79. The average molecular weight is 380 g/mol. The number of ether oxygens (including phenoxy) is 1. The van der Waals surface area contributed by atoms with Gasteiger partial charge in [-0.25, -0.2) is 14.6 Å². The van der Waals surface area contributed by atoms with Crippen LogP contribution in [0.5, 0.6) is 0 Å². The number of rotatable bonds is 6. The summed E-state index contributed by atoms with van der Waals surface area (Å²) in [6.45, 7) is 1.22. The Hall–Kier alpha value is -3.44. The maximum absolute atomic E-state index is 12.3. The molecule has 0 spiro atoms. The Morgan fingerprint density at radius 3 is 2.56 bits per heavy atom. The van der Waals surface area contributed by atoms with E-state index in [1.165, 1.54) is 29.6 Å². The van der Waals surface area contributed by atoms with Gasteiger partial charge in [0.15, 0.2) is 17.8 Å². The van der Waals surface area contributed by atoms with E-state index in [1.807, 2.05) is 12.2 Å². The van der Waals surface area contributed by atoms with Crippen molar-refractivity contribution < 1.29 is 19.1 Å². The number of hydrogen-bond acceptors (Lipinski definition) is 7. The Kier molecular flexibility index (Phi) is 6.11. The Labute approximate surface area is 152 Å². The van der Waals surface area contributed by atoms with E-state index in [1.54, 1.807) is 0 Å². The topological polar surface area (TPSA) is 146 Å². The third kappa shape index (κ3) is 4.40. The summed E-state index contributed by atoms with van der Waals surface area (Å²) in [7, 11) is 2.77. The Morgan fingerprint density at radius 1 is 1.19 bits per heavy atom. The number of aromatic nitrogens is 4. The van der Waals surface area contributed by atoms with Gasteiger partial charge in [0.05, 0.1) is 6.33 Å². The van der Waals surface area contributed by atoms with Crippen molar-refractivity contribution >= 4 is 29.1 Å². The van der Waals surface area contributed by atoms with Crippen LogP contribution in [0.1, 0.15) is 13.3 Å². The molecular weight excluding hydrogens is 360 g/mol. The first-order valence-electron chi connectivity index (χ1n) is 8.10. The van der Waals surface area contributed by atoms with E-state index in [-0.39, 0.29) is 17.7 Å². The summed E-state index contributed by atoms with van der Waals surface area (Å²) < 4.78 is 8.10. The lowest BCUT2D eigenvalue weighted by molar-refractivity contribution is -0.148. The van der Waals surface area contributed by atoms with Gasteiger partial charge in [-0.3, -0.25) is 28.8 Å². The minimum atomic E-state index is -0.811. The van der Waals surface area contributed by atoms with E-state index in [9.17, 15) is 24.0 Å². The van der Waals surface area contributed by atoms with Gasteiger partial charge in [-0.05, 0) is 6.42 Å². The standard InChI is InChI=1S/C15H20N6O6/c1-4-5-16-14(25)18-9(22)7-27-10(23)6-21-8-17-12-11(21)13(24)20(3)15(26)19(12)2/h8H,4-7H2,1-3H3,(H2,16,18,22,25). The molecule has 0 saturated carbocycles. The number of aryl methyl sites for hydroxylation is 1. The number of carbonyl (C=O) groups excluding carboxylic acids is 3. The number of imide groups is 1. The summed E-state index contributed by atoms with van der Waals surface area (Å²) in [6, 6.07) is -0.678. The number of hydrogen-bond donors (Lipinski definition) is 2. The van der Waals surface area contributed by atoms with Crippen LogP contribution in [0.2, 0.25) is 0 Å². The first kappa shape index (κ1) is 19.9. The van der Waals surface area contributed by atoms with Gasteiger partial charge in [0, 0.05) is 20.6 Å². The molecule has 12 nitrogen and oxygen atoms in total. The van der Waals surface area contributed by atoms with Crippen LogP contribution >= 0.6 is 0 Å². The highest BCUT2D eigenvalue weighted by atomic mass is 16.5. The lowest BCUT2D eigenvalue weighted by Crippen LogP contribution is -2.41. The maximum Gasteiger partial charge on any atom is 0.332 e. The third-order valence-corrected chi connectivity index (χ3v) is 3.67. The molecule has 146 valence electrons. The van der Waals surface area contributed by atoms with E-state index in [2.05, 4.69) is 10.3 Å². The van der Waals surface area contributed by atoms with Crippen LogP contribution in [0.3, 0.4) is 0 Å². The Morgan fingerprint density at radius 2 is 1.89 bits per heavy atom. The second-order valence-corrected chi connectivity index (χ2v) is 5.72. The van der Waals surface area contributed by atoms with E-state index < -0.39 is 35.8 Å². The zero-order chi connectivity index (χ0) is 20.1. The number of nitrogens with one attached hydrogen (secondary N) is 2. The maximum atomic E-state index is 12.3. The summed E-state index contributed by atoms with van der Waals surface area (Å²) in [5, 5.41) is 4.45. The molecule has 27 heavy (non-hydrogen) atoms. The molecule has 0 aromatic carbocycles. The molecule has 0 radical (unpaired) electrons. The number of carbonyl (C=O) groups is 3. The van der Waals surface area contributed by atoms with E-state index in [0.29, 0.717) is 13.0 Å². The summed E-state index contributed by atoms with van der Waals surface area (Å²) >= 11 is 0. The highest BCUT2D eigenvalue weighted by Crippen LogP contribution is 2.05. The van der Waals surface area contributed by atoms with Crippen molar-refractivity contribution in [3.05, 3.63) is 27.2 Å². The molecule has 2 N–H and O–H groups in total. The van der Waals surface area contributed by atoms with Crippen molar-refractivity contribution in [2.75, 3.05) is 13.2 Å². The van der Waals surface area contributed by atoms with Crippen LogP contribution in [0.4, 0.5) is 4.79 Å². The Balaban J connectivity index is 2.03. The molecule has 0 aliphatic rings. The van der Waals surface area contributed by atoms with Gasteiger partial charge in [0.2, 0.25) is 0 Å². The van der Waals surface area contributed by atoms with Gasteiger partial charge < -0.3 is 14.6 Å². The van der Waals surface area contributed by atoms with E-state index in [4.69, 9.17) is 4.74 Å². The van der Waals surface area contributed by atoms with Crippen LogP contribution < -0.4 is 21.9 Å². The normalized spacial score (nSPS) is 10.6. The van der Waals surface area contributed by atoms with Crippen molar-refractivity contribution in [1.29, 1.82) is 0 Å². The fourth-order valence-electron chi connectivity index (χ4n) is 2.29. The number of urea groups is 1. The lowest BCUT2D eigenvalue weighted by Gasteiger charge is -2.08. The van der Waals surface area contributed by atoms with E-state index >= 15 is 0 Å². The third-order valence-electron chi connectivity index (χ3n) is 3.67. The van der Waals surface area contributed by atoms with E-state index in [0.717, 1.165) is 4.57 Å². The molecule has 0 fully saturated rings. The number of fused-ring (bicyclic) bond motifs is 1. The molecule has 2 aromatic rings. The van der Waals surface area contributed by atoms with Gasteiger partial charge in [-0.1, -0.05) is 6.92 Å². The summed E-state index contributed by atoms with van der Waals surface area (Å²) in [4.78, 5) is 62.9. The zero-order valence-corrected chi connectivity index (χ0v) is 15.1. The number of esters is 1. The number of nitrogens with zero attached hydrogens (tertiary/aromatic N) is 4. The van der Waals surface area contributed by atoms with Crippen molar-refractivity contribution in [3.8, 4) is 0 Å². The number of amides is 3. The van der Waals surface area contributed by atoms with Gasteiger partial charge in [0.25, 0.3) is 11.5 Å². The molecule has 0 atom stereocenters. The molecule has 12 heteroatoms. The fourth-order valence-corrected chi connectivity index (χ4v) is 2.29. The lowest BCUT2D eigenvalue weighted by atomic mass is 10.5. The zero-order valence-electron chi connectivity index (χ0n) is 15.1. The largest absolute Gasteiger partial charge is 0.454 e. The molecule has 2 aromatic heterocycles. The van der Waals surface area contributed by atoms with Gasteiger partial charge in [0.1, 0.15) is 6.54 Å². The quantitative estimate of drug-likeness (QED) is 0.563. The van der Waals surface area contributed by atoms with Crippen LogP contribution in [0.15, 0.2) is 15.9 Å². The van der Waals surface area contributed by atoms with Gasteiger partial charge >= 0.3 is 17.7 Å². The molecular formula is C15H20N6O6. The molecule has 3 amide bonds. The first-order chi connectivity index (χ1) is 12.8. The number of imidazole rings is 1. The molecule has 2 rings (SSSR count). The smallest absolute Gasteiger partial charge is 0.332 e. The molecule has 2 heterocycles. The van der Waals surface area contributed by atoms with Crippen molar-refractivity contribution in [2.45, 2.75) is 19.9 Å². The van der Waals surface area contributed by atoms with Crippen LogP contribution in [0.25, 0.3) is 11.2 Å². The summed E-state index contributed by atoms with van der Waals surface area (Å²) in [5.41, 5.74) is -0.969. The Bertz CT molecular complexity index is 1000. The highest BCUT2D eigenvalue weighted by molar-refractivity contribution is 5.95. The summed E-state index contributed by atoms with van der Waals surface area (Å²) in [5.74, 6) is -1.60. The SMILES string of the molecule is CCCNC(=O)NC(=O)COC(=O)Cn1cnc2c1c(=O)n(C)c(=O)n2C. The average Bonchev–Trinajstić information content (AvgIpc) is 3.04. The monoisotopic (exact) mass is 380 g/mol. The molecule has 0 bridgehead atoms. The van der Waals surface area contributed by atoms with Crippen molar-refractivity contribution in [3.63, 3.8) is 0 Å². The first-order valence-corrected chi connectivity index (χ1v) is 8.10. The highest BCUT2D eigenvalue weighted by Gasteiger charge is 2.17. The minimum absolute atomic E-state index is 0.0555. The second-order valence-electron chi connectivity index (χ2n) is 5.72. The molecule has 0 aliphatic carbocycles. The van der Waals surface area contributed by atoms with Crippen LogP contribution in [0, 0.1) is 0 Å². The molecule has 0 unspecified atom stereocenters. The van der Waals surface area contributed by atoms with Gasteiger partial charge in [-0.2, -0.15) is 0 Å². The second kappa shape index (κ2) is 8.29. The van der Waals surface area contributed by atoms with Crippen LogP contribution in [-0.4, -0.2) is 49.7 Å². The van der Waals surface area contributed by atoms with Crippen molar-refractivity contribution in [2.24, 2.45) is 14.1 Å². The fraction of sp³-hybridized carbons (Fsp3) is 0.467. The summed E-state index contributed by atoms with van der Waals surface area (Å²) in [6.07, 6.45) is 1.94. The molecule has 0 aliphatic heterocycles. The van der Waals surface area contributed by atoms with Crippen LogP contribution in [-0.2, 0) is 35.0 Å². The minimum Gasteiger partial charge on any atom is -0.454 e.